The van der Waals surface area contributed by atoms with Crippen molar-refractivity contribution in [2.75, 3.05) is 19.0 Å². The van der Waals surface area contributed by atoms with Crippen molar-refractivity contribution in [2.24, 2.45) is 0 Å². The summed E-state index contributed by atoms with van der Waals surface area (Å²) in [4.78, 5) is 8.49. The van der Waals surface area contributed by atoms with Gasteiger partial charge in [0.1, 0.15) is 17.7 Å². The van der Waals surface area contributed by atoms with Crippen LogP contribution in [0.5, 0.6) is 5.75 Å². The Morgan fingerprint density at radius 2 is 2.16 bits per heavy atom. The molecule has 0 saturated heterocycles. The summed E-state index contributed by atoms with van der Waals surface area (Å²) in [5, 5.41) is 11.2. The van der Waals surface area contributed by atoms with Gasteiger partial charge in [-0.15, -0.1) is 5.10 Å². The van der Waals surface area contributed by atoms with Gasteiger partial charge in [-0.1, -0.05) is 12.1 Å². The molecule has 7 nitrogen and oxygen atoms in total. The summed E-state index contributed by atoms with van der Waals surface area (Å²) in [5.41, 5.74) is 1.53. The summed E-state index contributed by atoms with van der Waals surface area (Å²) in [6.45, 7) is 5.65. The van der Waals surface area contributed by atoms with Gasteiger partial charge < -0.3 is 10.1 Å². The number of nitrogens with one attached hydrogen (secondary N) is 1. The highest BCUT2D eigenvalue weighted by molar-refractivity contribution is 5.69. The van der Waals surface area contributed by atoms with Gasteiger partial charge in [-0.3, -0.25) is 0 Å². The first-order valence-corrected chi connectivity index (χ1v) is 6.33. The second kappa shape index (κ2) is 6.12. The summed E-state index contributed by atoms with van der Waals surface area (Å²) < 4.78 is 7.25. The quantitative estimate of drug-likeness (QED) is 0.851. The lowest BCUT2D eigenvalue weighted by Gasteiger charge is -2.12. The van der Waals surface area contributed by atoms with E-state index in [2.05, 4.69) is 32.5 Å². The summed E-state index contributed by atoms with van der Waals surface area (Å²) in [6, 6.07) is 0. The van der Waals surface area contributed by atoms with E-state index in [-0.39, 0.29) is 0 Å². The Balaban J connectivity index is 2.48. The predicted molar refractivity (Wildman–Crippen MR) is 72.1 cm³/mol. The van der Waals surface area contributed by atoms with E-state index in [1.165, 1.54) is 6.33 Å². The molecule has 0 aromatic carbocycles. The molecule has 102 valence electrons. The maximum Gasteiger partial charge on any atom is 0.189 e. The molecule has 0 aliphatic rings. The van der Waals surface area contributed by atoms with Gasteiger partial charge in [0.25, 0.3) is 0 Å². The Kier molecular flexibility index (Phi) is 4.27. The standard InChI is InChI=1S/C12H18N6O/c1-4-6-18-9(7-16-17-18)10-11(19-3)12(13-5-2)15-8-14-10/h7-8H,4-6H2,1-3H3,(H,13,14,15). The highest BCUT2D eigenvalue weighted by Crippen LogP contribution is 2.32. The average molecular weight is 262 g/mol. The van der Waals surface area contributed by atoms with Crippen molar-refractivity contribution >= 4 is 5.82 Å². The van der Waals surface area contributed by atoms with E-state index in [0.717, 1.165) is 25.2 Å². The Hall–Kier alpha value is -2.18. The van der Waals surface area contributed by atoms with Gasteiger partial charge in [0.05, 0.1) is 13.3 Å². The molecule has 0 amide bonds. The fourth-order valence-electron chi connectivity index (χ4n) is 1.86. The molecule has 0 unspecified atom stereocenters. The van der Waals surface area contributed by atoms with Crippen LogP contribution in [0.25, 0.3) is 11.4 Å². The minimum atomic E-state index is 0.615. The number of aromatic nitrogens is 5. The fourth-order valence-corrected chi connectivity index (χ4v) is 1.86. The number of anilines is 1. The molecule has 1 N–H and O–H groups in total. The first-order valence-electron chi connectivity index (χ1n) is 6.33. The van der Waals surface area contributed by atoms with E-state index >= 15 is 0 Å². The van der Waals surface area contributed by atoms with E-state index in [0.29, 0.717) is 17.3 Å². The van der Waals surface area contributed by atoms with Crippen molar-refractivity contribution in [3.63, 3.8) is 0 Å². The van der Waals surface area contributed by atoms with Crippen molar-refractivity contribution in [3.05, 3.63) is 12.5 Å². The fraction of sp³-hybridized carbons (Fsp3) is 0.500. The zero-order valence-electron chi connectivity index (χ0n) is 11.4. The molecule has 0 bridgehead atoms. The van der Waals surface area contributed by atoms with Crippen LogP contribution in [0.4, 0.5) is 5.82 Å². The molecule has 0 radical (unpaired) electrons. The van der Waals surface area contributed by atoms with Crippen molar-refractivity contribution in [2.45, 2.75) is 26.8 Å². The zero-order chi connectivity index (χ0) is 13.7. The van der Waals surface area contributed by atoms with Gasteiger partial charge >= 0.3 is 0 Å². The van der Waals surface area contributed by atoms with Gasteiger partial charge in [-0.2, -0.15) is 0 Å². The van der Waals surface area contributed by atoms with Crippen LogP contribution in [0.1, 0.15) is 20.3 Å². The Bertz CT molecular complexity index is 539. The summed E-state index contributed by atoms with van der Waals surface area (Å²) in [5.74, 6) is 1.29. The van der Waals surface area contributed by atoms with Crippen LogP contribution in [0.15, 0.2) is 12.5 Å². The third kappa shape index (κ3) is 2.64. The Morgan fingerprint density at radius 3 is 2.84 bits per heavy atom. The van der Waals surface area contributed by atoms with Crippen LogP contribution in [-0.4, -0.2) is 38.6 Å². The first-order chi connectivity index (χ1) is 9.31. The Labute approximate surface area is 112 Å². The molecule has 19 heavy (non-hydrogen) atoms. The van der Waals surface area contributed by atoms with Crippen LogP contribution in [-0.2, 0) is 6.54 Å². The second-order valence-electron chi connectivity index (χ2n) is 3.98. The molecule has 0 saturated carbocycles. The average Bonchev–Trinajstić information content (AvgIpc) is 2.87. The number of hydrogen-bond acceptors (Lipinski definition) is 6. The van der Waals surface area contributed by atoms with E-state index in [1.54, 1.807) is 13.3 Å². The zero-order valence-corrected chi connectivity index (χ0v) is 11.4. The third-order valence-electron chi connectivity index (χ3n) is 2.65. The molecule has 2 rings (SSSR count). The van der Waals surface area contributed by atoms with Gasteiger partial charge in [0.15, 0.2) is 11.6 Å². The first kappa shape index (κ1) is 13.3. The van der Waals surface area contributed by atoms with Crippen LogP contribution in [0, 0.1) is 0 Å². The molecule has 2 aromatic heterocycles. The molecule has 2 heterocycles. The SMILES string of the molecule is CCCn1nncc1-c1ncnc(NCC)c1OC. The summed E-state index contributed by atoms with van der Waals surface area (Å²) >= 11 is 0. The maximum atomic E-state index is 5.43. The molecule has 0 spiro atoms. The normalized spacial score (nSPS) is 10.5. The van der Waals surface area contributed by atoms with Crippen molar-refractivity contribution in [3.8, 4) is 17.1 Å². The third-order valence-corrected chi connectivity index (χ3v) is 2.65. The molecular formula is C12H18N6O. The van der Waals surface area contributed by atoms with Gasteiger partial charge in [0.2, 0.25) is 0 Å². The largest absolute Gasteiger partial charge is 0.491 e. The number of hydrogen-bond donors (Lipinski definition) is 1. The van der Waals surface area contributed by atoms with Crippen LogP contribution in [0.2, 0.25) is 0 Å². The van der Waals surface area contributed by atoms with E-state index in [9.17, 15) is 0 Å². The summed E-state index contributed by atoms with van der Waals surface area (Å²) in [7, 11) is 1.61. The van der Waals surface area contributed by atoms with Gasteiger partial charge in [-0.25, -0.2) is 14.6 Å². The molecular weight excluding hydrogens is 244 g/mol. The molecule has 0 fully saturated rings. The second-order valence-corrected chi connectivity index (χ2v) is 3.98. The van der Waals surface area contributed by atoms with Crippen LogP contribution >= 0.6 is 0 Å². The minimum Gasteiger partial charge on any atom is -0.491 e. The number of rotatable bonds is 6. The molecule has 0 atom stereocenters. The Morgan fingerprint density at radius 1 is 1.32 bits per heavy atom. The molecule has 0 aliphatic carbocycles. The highest BCUT2D eigenvalue weighted by Gasteiger charge is 2.17. The van der Waals surface area contributed by atoms with Crippen molar-refractivity contribution in [1.82, 2.24) is 25.0 Å². The maximum absolute atomic E-state index is 5.43. The monoisotopic (exact) mass is 262 g/mol. The molecule has 0 aliphatic heterocycles. The number of nitrogens with zero attached hydrogens (tertiary/aromatic N) is 5. The van der Waals surface area contributed by atoms with Crippen molar-refractivity contribution in [1.29, 1.82) is 0 Å². The lowest BCUT2D eigenvalue weighted by molar-refractivity contribution is 0.414. The van der Waals surface area contributed by atoms with Crippen LogP contribution < -0.4 is 10.1 Å². The van der Waals surface area contributed by atoms with Gasteiger partial charge in [0, 0.05) is 13.1 Å². The number of aryl methyl sites for hydroxylation is 1. The molecule has 7 heteroatoms. The van der Waals surface area contributed by atoms with E-state index in [1.807, 2.05) is 11.6 Å². The van der Waals surface area contributed by atoms with E-state index in [4.69, 9.17) is 4.74 Å². The van der Waals surface area contributed by atoms with Crippen molar-refractivity contribution < 1.29 is 4.74 Å². The summed E-state index contributed by atoms with van der Waals surface area (Å²) in [6.07, 6.45) is 4.18. The number of methoxy groups -OCH3 is 1. The van der Waals surface area contributed by atoms with Gasteiger partial charge in [-0.05, 0) is 13.3 Å². The lowest BCUT2D eigenvalue weighted by atomic mass is 10.2. The molecule has 2 aromatic rings. The lowest BCUT2D eigenvalue weighted by Crippen LogP contribution is -2.07. The smallest absolute Gasteiger partial charge is 0.189 e. The topological polar surface area (TPSA) is 77.8 Å². The predicted octanol–water partition coefficient (Wildman–Crippen LogP) is 1.59. The van der Waals surface area contributed by atoms with Crippen LogP contribution in [0.3, 0.4) is 0 Å². The van der Waals surface area contributed by atoms with E-state index < -0.39 is 0 Å². The highest BCUT2D eigenvalue weighted by atomic mass is 16.5. The number of ether oxygens (including phenoxy) is 1. The minimum absolute atomic E-state index is 0.615.